The van der Waals surface area contributed by atoms with Crippen LogP contribution in [-0.4, -0.2) is 78.5 Å². The van der Waals surface area contributed by atoms with Gasteiger partial charge < -0.3 is 29.0 Å². The van der Waals surface area contributed by atoms with E-state index in [1.165, 1.54) is 0 Å². The maximum atomic E-state index is 11.4. The summed E-state index contributed by atoms with van der Waals surface area (Å²) in [5, 5.41) is 2.71. The SMILES string of the molecule is CCCOCCOCCNC(=O)COCCOCCOCC. The Morgan fingerprint density at radius 3 is 1.91 bits per heavy atom. The highest BCUT2D eigenvalue weighted by atomic mass is 16.5. The molecule has 0 aromatic heterocycles. The number of ether oxygens (including phenoxy) is 5. The average Bonchev–Trinajstić information content (AvgIpc) is 2.52. The first-order chi connectivity index (χ1) is 10.8. The first kappa shape index (κ1) is 21.3. The molecule has 0 saturated carbocycles. The Morgan fingerprint density at radius 1 is 0.727 bits per heavy atom. The summed E-state index contributed by atoms with van der Waals surface area (Å²) in [4.78, 5) is 11.4. The summed E-state index contributed by atoms with van der Waals surface area (Å²) in [6.07, 6.45) is 1.01. The van der Waals surface area contributed by atoms with Crippen molar-refractivity contribution in [1.82, 2.24) is 5.32 Å². The monoisotopic (exact) mass is 321 g/mol. The zero-order chi connectivity index (χ0) is 16.3. The van der Waals surface area contributed by atoms with E-state index in [2.05, 4.69) is 12.2 Å². The number of nitrogens with one attached hydrogen (secondary N) is 1. The van der Waals surface area contributed by atoms with Crippen LogP contribution >= 0.6 is 0 Å². The molecular weight excluding hydrogens is 290 g/mol. The zero-order valence-electron chi connectivity index (χ0n) is 13.9. The van der Waals surface area contributed by atoms with Crippen molar-refractivity contribution in [2.24, 2.45) is 0 Å². The van der Waals surface area contributed by atoms with Crippen LogP contribution in [0.1, 0.15) is 20.3 Å². The first-order valence-corrected chi connectivity index (χ1v) is 7.96. The number of carbonyl (C=O) groups excluding carboxylic acids is 1. The van der Waals surface area contributed by atoms with E-state index in [1.807, 2.05) is 6.92 Å². The van der Waals surface area contributed by atoms with Crippen molar-refractivity contribution in [3.63, 3.8) is 0 Å². The molecule has 0 rings (SSSR count). The van der Waals surface area contributed by atoms with Crippen LogP contribution in [-0.2, 0) is 28.5 Å². The molecule has 0 aliphatic carbocycles. The van der Waals surface area contributed by atoms with Crippen LogP contribution in [0.3, 0.4) is 0 Å². The van der Waals surface area contributed by atoms with Gasteiger partial charge in [-0.25, -0.2) is 0 Å². The molecule has 0 saturated heterocycles. The van der Waals surface area contributed by atoms with Crippen molar-refractivity contribution in [1.29, 1.82) is 0 Å². The summed E-state index contributed by atoms with van der Waals surface area (Å²) in [7, 11) is 0. The lowest BCUT2D eigenvalue weighted by Crippen LogP contribution is -2.31. The molecule has 1 amide bonds. The zero-order valence-corrected chi connectivity index (χ0v) is 13.9. The van der Waals surface area contributed by atoms with Gasteiger partial charge >= 0.3 is 0 Å². The summed E-state index contributed by atoms with van der Waals surface area (Å²) in [6.45, 7) is 9.55. The van der Waals surface area contributed by atoms with Gasteiger partial charge in [0.15, 0.2) is 0 Å². The third-order valence-electron chi connectivity index (χ3n) is 2.47. The molecule has 0 atom stereocenters. The maximum Gasteiger partial charge on any atom is 0.246 e. The molecule has 1 N–H and O–H groups in total. The van der Waals surface area contributed by atoms with Gasteiger partial charge in [-0.15, -0.1) is 0 Å². The van der Waals surface area contributed by atoms with Gasteiger partial charge in [-0.05, 0) is 13.3 Å². The Bertz CT molecular complexity index is 218. The van der Waals surface area contributed by atoms with Crippen LogP contribution in [0, 0.1) is 0 Å². The summed E-state index contributed by atoms with van der Waals surface area (Å²) < 4.78 is 26.1. The van der Waals surface area contributed by atoms with Gasteiger partial charge in [0.1, 0.15) is 6.61 Å². The molecule has 0 radical (unpaired) electrons. The summed E-state index contributed by atoms with van der Waals surface area (Å²) in [5.74, 6) is -0.153. The third kappa shape index (κ3) is 17.3. The van der Waals surface area contributed by atoms with E-state index in [9.17, 15) is 4.79 Å². The Hall–Kier alpha value is -0.730. The molecular formula is C15H31NO6. The fourth-order valence-electron chi connectivity index (χ4n) is 1.43. The first-order valence-electron chi connectivity index (χ1n) is 7.96. The summed E-state index contributed by atoms with van der Waals surface area (Å²) in [6, 6.07) is 0. The van der Waals surface area contributed by atoms with Crippen molar-refractivity contribution in [3.8, 4) is 0 Å². The molecule has 132 valence electrons. The number of hydrogen-bond acceptors (Lipinski definition) is 6. The topological polar surface area (TPSA) is 75.3 Å². The highest BCUT2D eigenvalue weighted by molar-refractivity contribution is 5.77. The molecule has 0 spiro atoms. The van der Waals surface area contributed by atoms with E-state index in [0.717, 1.165) is 13.0 Å². The van der Waals surface area contributed by atoms with Gasteiger partial charge in [0.2, 0.25) is 5.91 Å². The van der Waals surface area contributed by atoms with Crippen LogP contribution in [0.5, 0.6) is 0 Å². The minimum absolute atomic E-state index is 0.0361. The van der Waals surface area contributed by atoms with Crippen molar-refractivity contribution < 1.29 is 28.5 Å². The fraction of sp³-hybridized carbons (Fsp3) is 0.933. The molecule has 0 aromatic carbocycles. The van der Waals surface area contributed by atoms with Crippen LogP contribution in [0.2, 0.25) is 0 Å². The molecule has 7 nitrogen and oxygen atoms in total. The van der Waals surface area contributed by atoms with E-state index < -0.39 is 0 Å². The molecule has 0 aromatic rings. The van der Waals surface area contributed by atoms with Crippen LogP contribution in [0.25, 0.3) is 0 Å². The molecule has 22 heavy (non-hydrogen) atoms. The molecule has 0 unspecified atom stereocenters. The summed E-state index contributed by atoms with van der Waals surface area (Å²) in [5.41, 5.74) is 0. The minimum Gasteiger partial charge on any atom is -0.379 e. The third-order valence-corrected chi connectivity index (χ3v) is 2.47. The van der Waals surface area contributed by atoms with Gasteiger partial charge in [0.25, 0.3) is 0 Å². The second-order valence-corrected chi connectivity index (χ2v) is 4.44. The molecule has 0 heterocycles. The van der Waals surface area contributed by atoms with Gasteiger partial charge in [-0.3, -0.25) is 4.79 Å². The van der Waals surface area contributed by atoms with Crippen molar-refractivity contribution in [3.05, 3.63) is 0 Å². The predicted molar refractivity (Wildman–Crippen MR) is 83.1 cm³/mol. The molecule has 0 fully saturated rings. The van der Waals surface area contributed by atoms with Crippen LogP contribution in [0.4, 0.5) is 0 Å². The number of carbonyl (C=O) groups is 1. The lowest BCUT2D eigenvalue weighted by molar-refractivity contribution is -0.126. The maximum absolute atomic E-state index is 11.4. The largest absolute Gasteiger partial charge is 0.379 e. The highest BCUT2D eigenvalue weighted by Crippen LogP contribution is 1.83. The lowest BCUT2D eigenvalue weighted by atomic mass is 10.5. The Labute approximate surface area is 133 Å². The van der Waals surface area contributed by atoms with E-state index in [1.54, 1.807) is 0 Å². The quantitative estimate of drug-likeness (QED) is 0.396. The van der Waals surface area contributed by atoms with Gasteiger partial charge in [-0.2, -0.15) is 0 Å². The standard InChI is InChI=1S/C15H31NO6/c1-3-6-19-10-11-20-7-5-16-15(17)14-22-13-12-21-9-8-18-4-2/h3-14H2,1-2H3,(H,16,17). The highest BCUT2D eigenvalue weighted by Gasteiger charge is 2.00. The Morgan fingerprint density at radius 2 is 1.27 bits per heavy atom. The lowest BCUT2D eigenvalue weighted by Gasteiger charge is -2.08. The molecule has 0 aliphatic heterocycles. The van der Waals surface area contributed by atoms with E-state index in [4.69, 9.17) is 23.7 Å². The fourth-order valence-corrected chi connectivity index (χ4v) is 1.43. The van der Waals surface area contributed by atoms with Crippen molar-refractivity contribution >= 4 is 5.91 Å². The molecule has 0 bridgehead atoms. The smallest absolute Gasteiger partial charge is 0.246 e. The van der Waals surface area contributed by atoms with Crippen LogP contribution < -0.4 is 5.32 Å². The summed E-state index contributed by atoms with van der Waals surface area (Å²) >= 11 is 0. The molecule has 0 aliphatic rings. The predicted octanol–water partition coefficient (Wildman–Crippen LogP) is 0.616. The van der Waals surface area contributed by atoms with Crippen LogP contribution in [0.15, 0.2) is 0 Å². The number of hydrogen-bond donors (Lipinski definition) is 1. The van der Waals surface area contributed by atoms with Crippen molar-refractivity contribution in [2.75, 3.05) is 72.6 Å². The van der Waals surface area contributed by atoms with E-state index >= 15 is 0 Å². The van der Waals surface area contributed by atoms with Gasteiger partial charge in [0, 0.05) is 19.8 Å². The minimum atomic E-state index is -0.153. The second-order valence-electron chi connectivity index (χ2n) is 4.44. The second kappa shape index (κ2) is 18.3. The Kier molecular flexibility index (Phi) is 17.7. The van der Waals surface area contributed by atoms with Crippen molar-refractivity contribution in [2.45, 2.75) is 20.3 Å². The Balaban J connectivity index is 3.13. The van der Waals surface area contributed by atoms with E-state index in [-0.39, 0.29) is 12.5 Å². The number of rotatable bonds is 17. The average molecular weight is 321 g/mol. The van der Waals surface area contributed by atoms with Gasteiger partial charge in [-0.1, -0.05) is 6.92 Å². The van der Waals surface area contributed by atoms with E-state index in [0.29, 0.717) is 59.4 Å². The normalized spacial score (nSPS) is 10.8. The molecule has 7 heteroatoms. The number of amides is 1. The van der Waals surface area contributed by atoms with Gasteiger partial charge in [0.05, 0.1) is 46.2 Å².